The molecule has 0 radical (unpaired) electrons. The summed E-state index contributed by atoms with van der Waals surface area (Å²) in [5, 5.41) is 12.9. The van der Waals surface area contributed by atoms with Crippen molar-refractivity contribution in [2.24, 2.45) is 0 Å². The van der Waals surface area contributed by atoms with Crippen molar-refractivity contribution in [3.05, 3.63) is 29.8 Å². The molecule has 0 spiro atoms. The first kappa shape index (κ1) is 13.3. The van der Waals surface area contributed by atoms with Crippen molar-refractivity contribution in [3.8, 4) is 17.1 Å². The third-order valence-electron chi connectivity index (χ3n) is 2.30. The molecular weight excluding hydrogens is 266 g/mol. The lowest BCUT2D eigenvalue weighted by atomic mass is 10.2. The number of aromatic hydroxyl groups is 1. The molecule has 0 aliphatic rings. The maximum atomic E-state index is 13.6. The van der Waals surface area contributed by atoms with Gasteiger partial charge in [-0.1, -0.05) is 0 Å². The van der Waals surface area contributed by atoms with E-state index in [-0.39, 0.29) is 23.0 Å². The number of halogens is 4. The van der Waals surface area contributed by atoms with Crippen molar-refractivity contribution >= 4 is 0 Å². The second kappa shape index (κ2) is 4.52. The Kier molecular flexibility index (Phi) is 3.17. The lowest BCUT2D eigenvalue weighted by Crippen LogP contribution is -2.19. The van der Waals surface area contributed by atoms with E-state index in [2.05, 4.69) is 10.1 Å². The lowest BCUT2D eigenvalue weighted by molar-refractivity contribution is -0.142. The topological polar surface area (TPSA) is 50.9 Å². The van der Waals surface area contributed by atoms with Crippen LogP contribution in [0.5, 0.6) is 5.75 Å². The third-order valence-corrected chi connectivity index (χ3v) is 2.30. The predicted octanol–water partition coefficient (Wildman–Crippen LogP) is 2.66. The summed E-state index contributed by atoms with van der Waals surface area (Å²) in [6, 6.07) is 3.05. The Morgan fingerprint density at radius 3 is 2.63 bits per heavy atom. The summed E-state index contributed by atoms with van der Waals surface area (Å²) in [4.78, 5) is 3.77. The summed E-state index contributed by atoms with van der Waals surface area (Å²) in [6.07, 6.45) is -4.50. The van der Waals surface area contributed by atoms with Crippen molar-refractivity contribution in [2.75, 3.05) is 0 Å². The molecule has 102 valence electrons. The number of aromatic nitrogens is 3. The molecular formula is C11H9F4N3O. The number of aryl methyl sites for hydroxylation is 1. The molecule has 1 N–H and O–H groups in total. The van der Waals surface area contributed by atoms with Crippen LogP contribution in [0.3, 0.4) is 0 Å². The van der Waals surface area contributed by atoms with Crippen LogP contribution in [0.4, 0.5) is 17.6 Å². The van der Waals surface area contributed by atoms with Crippen molar-refractivity contribution in [2.45, 2.75) is 19.6 Å². The van der Waals surface area contributed by atoms with Gasteiger partial charge in [-0.3, -0.25) is 0 Å². The van der Waals surface area contributed by atoms with Gasteiger partial charge in [-0.2, -0.15) is 18.3 Å². The van der Waals surface area contributed by atoms with Crippen LogP contribution in [0.2, 0.25) is 0 Å². The van der Waals surface area contributed by atoms with Crippen molar-refractivity contribution in [1.29, 1.82) is 0 Å². The number of benzene rings is 1. The average Bonchev–Trinajstić information content (AvgIpc) is 2.60. The first-order valence-electron chi connectivity index (χ1n) is 5.23. The van der Waals surface area contributed by atoms with Crippen molar-refractivity contribution in [3.63, 3.8) is 0 Å². The van der Waals surface area contributed by atoms with Crippen molar-refractivity contribution < 1.29 is 22.7 Å². The van der Waals surface area contributed by atoms with Gasteiger partial charge in [0.15, 0.2) is 5.82 Å². The van der Waals surface area contributed by atoms with E-state index in [1.807, 2.05) is 0 Å². The number of hydrogen-bond donors (Lipinski definition) is 1. The van der Waals surface area contributed by atoms with Gasteiger partial charge in [0, 0.05) is 0 Å². The minimum absolute atomic E-state index is 0.0852. The SMILES string of the molecule is Cc1nc(-c2cc(O)ccc2F)n(CC(F)(F)F)n1. The number of rotatable bonds is 2. The maximum absolute atomic E-state index is 13.6. The van der Waals surface area contributed by atoms with Gasteiger partial charge in [-0.15, -0.1) is 0 Å². The minimum Gasteiger partial charge on any atom is -0.508 e. The molecule has 8 heteroatoms. The van der Waals surface area contributed by atoms with E-state index in [0.29, 0.717) is 4.68 Å². The zero-order valence-corrected chi connectivity index (χ0v) is 9.74. The summed E-state index contributed by atoms with van der Waals surface area (Å²) >= 11 is 0. The molecule has 1 aromatic heterocycles. The van der Waals surface area contributed by atoms with Gasteiger partial charge in [0.2, 0.25) is 0 Å². The molecule has 0 aliphatic heterocycles. The zero-order chi connectivity index (χ0) is 14.2. The van der Waals surface area contributed by atoms with Gasteiger partial charge in [-0.05, 0) is 25.1 Å². The summed E-state index contributed by atoms with van der Waals surface area (Å²) in [5.74, 6) is -1.24. The van der Waals surface area contributed by atoms with Crippen LogP contribution in [0.1, 0.15) is 5.82 Å². The summed E-state index contributed by atoms with van der Waals surface area (Å²) < 4.78 is 51.3. The molecule has 0 fully saturated rings. The van der Waals surface area contributed by atoms with E-state index in [0.717, 1.165) is 18.2 Å². The molecule has 0 bridgehead atoms. The fraction of sp³-hybridized carbons (Fsp3) is 0.273. The van der Waals surface area contributed by atoms with Crippen LogP contribution in [0.15, 0.2) is 18.2 Å². The number of alkyl halides is 3. The average molecular weight is 275 g/mol. The third kappa shape index (κ3) is 3.01. The number of phenols is 1. The quantitative estimate of drug-likeness (QED) is 0.857. The first-order chi connectivity index (χ1) is 8.76. The Morgan fingerprint density at radius 1 is 1.32 bits per heavy atom. The maximum Gasteiger partial charge on any atom is 0.408 e. The highest BCUT2D eigenvalue weighted by atomic mass is 19.4. The molecule has 1 heterocycles. The van der Waals surface area contributed by atoms with Crippen LogP contribution >= 0.6 is 0 Å². The Bertz CT molecular complexity index is 606. The first-order valence-corrected chi connectivity index (χ1v) is 5.23. The Labute approximate surface area is 105 Å². The van der Waals surface area contributed by atoms with E-state index in [1.165, 1.54) is 6.92 Å². The van der Waals surface area contributed by atoms with E-state index in [4.69, 9.17) is 0 Å². The molecule has 1 aromatic carbocycles. The summed E-state index contributed by atoms with van der Waals surface area (Å²) in [7, 11) is 0. The molecule has 0 saturated carbocycles. The highest BCUT2D eigenvalue weighted by Crippen LogP contribution is 2.27. The van der Waals surface area contributed by atoms with Crippen LogP contribution in [0.25, 0.3) is 11.4 Å². The number of phenolic OH excluding ortho intramolecular Hbond substituents is 1. The highest BCUT2D eigenvalue weighted by molar-refractivity contribution is 5.58. The van der Waals surface area contributed by atoms with Crippen LogP contribution in [-0.2, 0) is 6.54 Å². The molecule has 2 aromatic rings. The largest absolute Gasteiger partial charge is 0.508 e. The predicted molar refractivity (Wildman–Crippen MR) is 57.9 cm³/mol. The Morgan fingerprint density at radius 2 is 2.00 bits per heavy atom. The van der Waals surface area contributed by atoms with Crippen molar-refractivity contribution in [1.82, 2.24) is 14.8 Å². The molecule has 4 nitrogen and oxygen atoms in total. The normalized spacial score (nSPS) is 11.8. The van der Waals surface area contributed by atoms with Gasteiger partial charge >= 0.3 is 6.18 Å². The fourth-order valence-electron chi connectivity index (χ4n) is 1.62. The van der Waals surface area contributed by atoms with E-state index in [9.17, 15) is 22.7 Å². The van der Waals surface area contributed by atoms with Gasteiger partial charge < -0.3 is 5.11 Å². The molecule has 0 amide bonds. The van der Waals surface area contributed by atoms with Gasteiger partial charge in [0.25, 0.3) is 0 Å². The monoisotopic (exact) mass is 275 g/mol. The second-order valence-electron chi connectivity index (χ2n) is 3.92. The lowest BCUT2D eigenvalue weighted by Gasteiger charge is -2.09. The highest BCUT2D eigenvalue weighted by Gasteiger charge is 2.30. The number of hydrogen-bond acceptors (Lipinski definition) is 3. The Hall–Kier alpha value is -2.12. The summed E-state index contributed by atoms with van der Waals surface area (Å²) in [6.45, 7) is 0.0232. The molecule has 0 aliphatic carbocycles. The molecule has 0 saturated heterocycles. The summed E-state index contributed by atoms with van der Waals surface area (Å²) in [5.41, 5.74) is -0.232. The van der Waals surface area contributed by atoms with E-state index in [1.54, 1.807) is 0 Å². The minimum atomic E-state index is -4.50. The number of nitrogens with zero attached hydrogens (tertiary/aromatic N) is 3. The Balaban J connectivity index is 2.53. The van der Waals surface area contributed by atoms with Gasteiger partial charge in [0.1, 0.15) is 23.9 Å². The zero-order valence-electron chi connectivity index (χ0n) is 9.74. The molecule has 2 rings (SSSR count). The van der Waals surface area contributed by atoms with Gasteiger partial charge in [-0.25, -0.2) is 14.1 Å². The van der Waals surface area contributed by atoms with Gasteiger partial charge in [0.05, 0.1) is 5.56 Å². The molecule has 19 heavy (non-hydrogen) atoms. The standard InChI is InChI=1S/C11H9F4N3O/c1-6-16-10(18(17-6)5-11(13,14)15)8-4-7(19)2-3-9(8)12/h2-4,19H,5H2,1H3. The smallest absolute Gasteiger partial charge is 0.408 e. The van der Waals surface area contributed by atoms with Crippen LogP contribution in [0, 0.1) is 12.7 Å². The van der Waals surface area contributed by atoms with E-state index >= 15 is 0 Å². The van der Waals surface area contributed by atoms with Crippen LogP contribution < -0.4 is 0 Å². The van der Waals surface area contributed by atoms with Crippen LogP contribution in [-0.4, -0.2) is 26.0 Å². The molecule has 0 atom stereocenters. The molecule has 0 unspecified atom stereocenters. The fourth-order valence-corrected chi connectivity index (χ4v) is 1.62. The second-order valence-corrected chi connectivity index (χ2v) is 3.92. The van der Waals surface area contributed by atoms with E-state index < -0.39 is 18.5 Å².